The van der Waals surface area contributed by atoms with E-state index >= 15 is 0 Å². The normalized spacial score (nSPS) is 11.9. The Hall–Kier alpha value is -2.27. The van der Waals surface area contributed by atoms with Gasteiger partial charge in [-0.15, -0.1) is 11.8 Å². The van der Waals surface area contributed by atoms with Gasteiger partial charge in [-0.2, -0.15) is 0 Å². The van der Waals surface area contributed by atoms with Crippen LogP contribution in [-0.2, 0) is 10.2 Å². The quantitative estimate of drug-likeness (QED) is 0.401. The number of esters is 1. The van der Waals surface area contributed by atoms with Crippen LogP contribution < -0.4 is 0 Å². The third-order valence-electron chi connectivity index (χ3n) is 3.97. The first-order valence-electron chi connectivity index (χ1n) is 9.20. The van der Waals surface area contributed by atoms with Crippen LogP contribution in [0.5, 0.6) is 5.75 Å². The molecule has 0 saturated heterocycles. The molecule has 0 unspecified atom stereocenters. The van der Waals surface area contributed by atoms with Crippen LogP contribution in [0.3, 0.4) is 0 Å². The number of hydrogen-bond donors (Lipinski definition) is 1. The molecular formula is C23H28O4S. The number of ether oxygens (including phenoxy) is 1. The molecule has 0 fully saturated rings. The maximum atomic E-state index is 12.8. The van der Waals surface area contributed by atoms with Crippen molar-refractivity contribution >= 4 is 23.5 Å². The van der Waals surface area contributed by atoms with Crippen LogP contribution in [0.1, 0.15) is 67.8 Å². The Balaban J connectivity index is 2.39. The van der Waals surface area contributed by atoms with Gasteiger partial charge in [-0.05, 0) is 50.5 Å². The Labute approximate surface area is 171 Å². The lowest BCUT2D eigenvalue weighted by atomic mass is 9.83. The number of hydrogen-bond acceptors (Lipinski definition) is 5. The average molecular weight is 401 g/mol. The summed E-state index contributed by atoms with van der Waals surface area (Å²) in [4.78, 5) is 26.4. The van der Waals surface area contributed by atoms with Gasteiger partial charge in [0, 0.05) is 16.0 Å². The molecule has 0 saturated carbocycles. The molecule has 4 nitrogen and oxygen atoms in total. The molecule has 0 spiro atoms. The molecule has 2 aromatic carbocycles. The Bertz CT molecular complexity index is 859. The lowest BCUT2D eigenvalue weighted by Gasteiger charge is -2.24. The zero-order valence-corrected chi connectivity index (χ0v) is 18.1. The summed E-state index contributed by atoms with van der Waals surface area (Å²) in [6.45, 7) is 11.1. The summed E-state index contributed by atoms with van der Waals surface area (Å²) >= 11 is 1.44. The summed E-state index contributed by atoms with van der Waals surface area (Å²) in [5, 5.41) is 10.7. The van der Waals surface area contributed by atoms with Gasteiger partial charge in [0.2, 0.25) is 0 Å². The fourth-order valence-electron chi connectivity index (χ4n) is 2.60. The predicted octanol–water partition coefficient (Wildman–Crippen LogP) is 5.62. The van der Waals surface area contributed by atoms with E-state index in [0.29, 0.717) is 11.1 Å². The minimum atomic E-state index is -0.700. The summed E-state index contributed by atoms with van der Waals surface area (Å²) in [7, 11) is 0. The smallest absolute Gasteiger partial charge is 0.342 e. The van der Waals surface area contributed by atoms with E-state index in [2.05, 4.69) is 0 Å². The monoisotopic (exact) mass is 400 g/mol. The fraction of sp³-hybridized carbons (Fsp3) is 0.391. The number of aromatic hydroxyl groups is 1. The number of phenols is 1. The Morgan fingerprint density at radius 3 is 2.14 bits per heavy atom. The molecule has 2 aromatic rings. The van der Waals surface area contributed by atoms with E-state index in [1.54, 1.807) is 26.8 Å². The van der Waals surface area contributed by atoms with Gasteiger partial charge in [0.25, 0.3) is 0 Å². The summed E-state index contributed by atoms with van der Waals surface area (Å²) in [6, 6.07) is 12.8. The van der Waals surface area contributed by atoms with Gasteiger partial charge in [-0.25, -0.2) is 4.79 Å². The SMILES string of the molecule is CC(C)(C)OC(=O)c1cc(C(=O)CSc2ccccc2)cc(C(C)(C)C)c1O. The van der Waals surface area contributed by atoms with Crippen LogP contribution in [0.15, 0.2) is 47.4 Å². The molecule has 0 aliphatic heterocycles. The van der Waals surface area contributed by atoms with Crippen molar-refractivity contribution in [1.82, 2.24) is 0 Å². The third-order valence-corrected chi connectivity index (χ3v) is 4.98. The van der Waals surface area contributed by atoms with Gasteiger partial charge in [0.05, 0.1) is 5.75 Å². The number of carbonyl (C=O) groups is 2. The van der Waals surface area contributed by atoms with Gasteiger partial charge in [-0.3, -0.25) is 4.79 Å². The van der Waals surface area contributed by atoms with Crippen LogP contribution >= 0.6 is 11.8 Å². The molecule has 0 aliphatic carbocycles. The van der Waals surface area contributed by atoms with E-state index in [1.165, 1.54) is 17.8 Å². The molecule has 0 radical (unpaired) electrons. The number of phenolic OH excluding ortho intramolecular Hbond substituents is 1. The van der Waals surface area contributed by atoms with Crippen LogP contribution in [0.25, 0.3) is 0 Å². The topological polar surface area (TPSA) is 63.6 Å². The van der Waals surface area contributed by atoms with Gasteiger partial charge in [-0.1, -0.05) is 39.0 Å². The largest absolute Gasteiger partial charge is 0.507 e. The summed E-state index contributed by atoms with van der Waals surface area (Å²) in [5.41, 5.74) is -0.176. The van der Waals surface area contributed by atoms with Gasteiger partial charge in [0.15, 0.2) is 5.78 Å². The lowest BCUT2D eigenvalue weighted by Crippen LogP contribution is -2.25. The Morgan fingerprint density at radius 2 is 1.61 bits per heavy atom. The van der Waals surface area contributed by atoms with E-state index in [4.69, 9.17) is 4.74 Å². The highest BCUT2D eigenvalue weighted by molar-refractivity contribution is 8.00. The van der Waals surface area contributed by atoms with Crippen molar-refractivity contribution in [3.8, 4) is 5.75 Å². The molecular weight excluding hydrogens is 372 g/mol. The molecule has 1 N–H and O–H groups in total. The number of ketones is 1. The van der Waals surface area contributed by atoms with Crippen LogP contribution in [0.4, 0.5) is 0 Å². The second kappa shape index (κ2) is 8.39. The van der Waals surface area contributed by atoms with E-state index in [1.807, 2.05) is 51.1 Å². The molecule has 5 heteroatoms. The molecule has 0 aromatic heterocycles. The molecule has 0 atom stereocenters. The van der Waals surface area contributed by atoms with E-state index in [-0.39, 0.29) is 22.8 Å². The maximum Gasteiger partial charge on any atom is 0.342 e. The van der Waals surface area contributed by atoms with Crippen LogP contribution in [-0.4, -0.2) is 28.2 Å². The number of thioether (sulfide) groups is 1. The molecule has 2 rings (SSSR count). The van der Waals surface area contributed by atoms with Gasteiger partial charge in [0.1, 0.15) is 16.9 Å². The lowest BCUT2D eigenvalue weighted by molar-refractivity contribution is 0.00665. The van der Waals surface area contributed by atoms with E-state index in [0.717, 1.165) is 4.90 Å². The van der Waals surface area contributed by atoms with E-state index in [9.17, 15) is 14.7 Å². The van der Waals surface area contributed by atoms with E-state index < -0.39 is 17.0 Å². The first-order valence-corrected chi connectivity index (χ1v) is 10.2. The van der Waals surface area contributed by atoms with Crippen molar-refractivity contribution in [1.29, 1.82) is 0 Å². The third kappa shape index (κ3) is 5.86. The second-order valence-corrected chi connectivity index (χ2v) is 9.75. The number of carbonyl (C=O) groups excluding carboxylic acids is 2. The van der Waals surface area contributed by atoms with Crippen molar-refractivity contribution in [2.75, 3.05) is 5.75 Å². The number of Topliss-reactive ketones (excluding diaryl/α,β-unsaturated/α-hetero) is 1. The fourth-order valence-corrected chi connectivity index (χ4v) is 3.42. The molecule has 0 bridgehead atoms. The van der Waals surface area contributed by atoms with Crippen molar-refractivity contribution in [2.45, 2.75) is 57.5 Å². The summed E-state index contributed by atoms with van der Waals surface area (Å²) in [5.74, 6) is -0.634. The van der Waals surface area contributed by atoms with Gasteiger partial charge < -0.3 is 9.84 Å². The highest BCUT2D eigenvalue weighted by Crippen LogP contribution is 2.36. The average Bonchev–Trinajstić information content (AvgIpc) is 2.58. The van der Waals surface area contributed by atoms with Crippen molar-refractivity contribution in [3.63, 3.8) is 0 Å². The van der Waals surface area contributed by atoms with Crippen LogP contribution in [0.2, 0.25) is 0 Å². The maximum absolute atomic E-state index is 12.8. The summed E-state index contributed by atoms with van der Waals surface area (Å²) in [6.07, 6.45) is 0. The molecule has 0 aliphatic rings. The Morgan fingerprint density at radius 1 is 1.00 bits per heavy atom. The molecule has 0 amide bonds. The standard InChI is InChI=1S/C23H28O4S/c1-22(2,3)18-13-15(19(24)14-28-16-10-8-7-9-11-16)12-17(20(18)25)21(26)27-23(4,5)6/h7-13,25H,14H2,1-6H3. The minimum absolute atomic E-state index is 0.0235. The number of rotatable bonds is 5. The predicted molar refractivity (Wildman–Crippen MR) is 113 cm³/mol. The second-order valence-electron chi connectivity index (χ2n) is 8.70. The van der Waals surface area contributed by atoms with Crippen molar-refractivity contribution in [2.24, 2.45) is 0 Å². The van der Waals surface area contributed by atoms with Crippen molar-refractivity contribution < 1.29 is 19.4 Å². The first kappa shape index (κ1) is 22.0. The zero-order valence-electron chi connectivity index (χ0n) is 17.3. The highest BCUT2D eigenvalue weighted by Gasteiger charge is 2.28. The van der Waals surface area contributed by atoms with Crippen molar-refractivity contribution in [3.05, 3.63) is 59.2 Å². The highest BCUT2D eigenvalue weighted by atomic mass is 32.2. The Kier molecular flexibility index (Phi) is 6.60. The minimum Gasteiger partial charge on any atom is -0.507 e. The van der Waals surface area contributed by atoms with Gasteiger partial charge >= 0.3 is 5.97 Å². The molecule has 0 heterocycles. The molecule has 28 heavy (non-hydrogen) atoms. The van der Waals surface area contributed by atoms with Crippen LogP contribution in [0, 0.1) is 0 Å². The molecule has 150 valence electrons. The number of benzene rings is 2. The zero-order chi connectivity index (χ0) is 21.1. The summed E-state index contributed by atoms with van der Waals surface area (Å²) < 4.78 is 5.42. The first-order chi connectivity index (χ1) is 12.9.